The quantitative estimate of drug-likeness (QED) is 0.929. The van der Waals surface area contributed by atoms with Gasteiger partial charge < -0.3 is 5.73 Å². The molecule has 1 aliphatic rings. The summed E-state index contributed by atoms with van der Waals surface area (Å²) >= 11 is 3.53. The first-order valence-corrected chi connectivity index (χ1v) is 7.10. The van der Waals surface area contributed by atoms with E-state index >= 15 is 0 Å². The van der Waals surface area contributed by atoms with Gasteiger partial charge in [-0.2, -0.15) is 0 Å². The highest BCUT2D eigenvalue weighted by Crippen LogP contribution is 2.31. The smallest absolute Gasteiger partial charge is 0.0471 e. The molecular formula is C14H21BrN2. The largest absolute Gasteiger partial charge is 0.329 e. The van der Waals surface area contributed by atoms with Crippen molar-refractivity contribution in [2.24, 2.45) is 17.6 Å². The summed E-state index contributed by atoms with van der Waals surface area (Å²) in [6.07, 6.45) is 0. The summed E-state index contributed by atoms with van der Waals surface area (Å²) in [6, 6.07) is 8.87. The standard InChI is InChI=1S/C14H21BrN2/c1-10-8-17(9-11(10)2)14(7-16)12-4-3-5-13(15)6-12/h3-6,10-11,14H,7-9,16H2,1-2H3. The van der Waals surface area contributed by atoms with Gasteiger partial charge in [0, 0.05) is 30.1 Å². The van der Waals surface area contributed by atoms with Crippen molar-refractivity contribution in [3.05, 3.63) is 34.3 Å². The van der Waals surface area contributed by atoms with E-state index in [1.54, 1.807) is 0 Å². The van der Waals surface area contributed by atoms with Gasteiger partial charge in [-0.05, 0) is 29.5 Å². The van der Waals surface area contributed by atoms with E-state index in [4.69, 9.17) is 5.73 Å². The Kier molecular flexibility index (Phi) is 4.23. The van der Waals surface area contributed by atoms with Crippen LogP contribution in [0.2, 0.25) is 0 Å². The average molecular weight is 297 g/mol. The zero-order valence-electron chi connectivity index (χ0n) is 10.6. The third kappa shape index (κ3) is 2.90. The lowest BCUT2D eigenvalue weighted by molar-refractivity contribution is 0.240. The molecule has 0 spiro atoms. The summed E-state index contributed by atoms with van der Waals surface area (Å²) in [6.45, 7) is 7.68. The van der Waals surface area contributed by atoms with Gasteiger partial charge in [0.25, 0.3) is 0 Å². The minimum Gasteiger partial charge on any atom is -0.329 e. The number of benzene rings is 1. The van der Waals surface area contributed by atoms with Crippen molar-refractivity contribution in [3.63, 3.8) is 0 Å². The third-order valence-electron chi connectivity index (χ3n) is 3.91. The first-order valence-electron chi connectivity index (χ1n) is 6.31. The van der Waals surface area contributed by atoms with Gasteiger partial charge in [-0.1, -0.05) is 41.9 Å². The Morgan fingerprint density at radius 1 is 1.35 bits per heavy atom. The fraction of sp³-hybridized carbons (Fsp3) is 0.571. The Hall–Kier alpha value is -0.380. The molecule has 1 saturated heterocycles. The van der Waals surface area contributed by atoms with Gasteiger partial charge >= 0.3 is 0 Å². The van der Waals surface area contributed by atoms with Crippen LogP contribution in [0.3, 0.4) is 0 Å². The molecule has 1 aliphatic heterocycles. The summed E-state index contributed by atoms with van der Waals surface area (Å²) in [7, 11) is 0. The molecule has 1 aromatic rings. The number of halogens is 1. The highest BCUT2D eigenvalue weighted by molar-refractivity contribution is 9.10. The van der Waals surface area contributed by atoms with E-state index in [0.717, 1.165) is 29.4 Å². The Morgan fingerprint density at radius 2 is 2.00 bits per heavy atom. The van der Waals surface area contributed by atoms with Gasteiger partial charge in [-0.15, -0.1) is 0 Å². The molecule has 2 N–H and O–H groups in total. The van der Waals surface area contributed by atoms with E-state index in [9.17, 15) is 0 Å². The van der Waals surface area contributed by atoms with Gasteiger partial charge in [-0.3, -0.25) is 4.90 Å². The molecule has 1 aromatic carbocycles. The molecule has 2 nitrogen and oxygen atoms in total. The predicted octanol–water partition coefficient (Wildman–Crippen LogP) is 3.04. The van der Waals surface area contributed by atoms with Crippen LogP contribution in [0.4, 0.5) is 0 Å². The van der Waals surface area contributed by atoms with Crippen LogP contribution in [0.15, 0.2) is 28.7 Å². The number of nitrogens with two attached hydrogens (primary N) is 1. The molecule has 0 radical (unpaired) electrons. The van der Waals surface area contributed by atoms with Crippen molar-refractivity contribution < 1.29 is 0 Å². The fourth-order valence-corrected chi connectivity index (χ4v) is 3.06. The molecule has 0 bridgehead atoms. The summed E-state index contributed by atoms with van der Waals surface area (Å²) < 4.78 is 1.13. The SMILES string of the molecule is CC1CN(C(CN)c2cccc(Br)c2)CC1C. The highest BCUT2D eigenvalue weighted by Gasteiger charge is 2.30. The average Bonchev–Trinajstić information content (AvgIpc) is 2.60. The summed E-state index contributed by atoms with van der Waals surface area (Å²) in [5.41, 5.74) is 7.29. The van der Waals surface area contributed by atoms with Crippen molar-refractivity contribution in [2.45, 2.75) is 19.9 Å². The molecule has 2 rings (SSSR count). The van der Waals surface area contributed by atoms with Crippen molar-refractivity contribution in [2.75, 3.05) is 19.6 Å². The third-order valence-corrected chi connectivity index (χ3v) is 4.41. The maximum Gasteiger partial charge on any atom is 0.0471 e. The number of hydrogen-bond donors (Lipinski definition) is 1. The maximum atomic E-state index is 5.97. The van der Waals surface area contributed by atoms with Crippen molar-refractivity contribution in [1.29, 1.82) is 0 Å². The second kappa shape index (κ2) is 5.51. The first kappa shape index (κ1) is 13.1. The van der Waals surface area contributed by atoms with E-state index in [0.29, 0.717) is 12.6 Å². The predicted molar refractivity (Wildman–Crippen MR) is 75.8 cm³/mol. The van der Waals surface area contributed by atoms with E-state index in [-0.39, 0.29) is 0 Å². The molecule has 3 atom stereocenters. The number of hydrogen-bond acceptors (Lipinski definition) is 2. The Balaban J connectivity index is 2.17. The normalized spacial score (nSPS) is 27.3. The van der Waals surface area contributed by atoms with Crippen LogP contribution in [-0.2, 0) is 0 Å². The van der Waals surface area contributed by atoms with Crippen LogP contribution in [0.5, 0.6) is 0 Å². The molecule has 0 aliphatic carbocycles. The second-order valence-electron chi connectivity index (χ2n) is 5.21. The summed E-state index contributed by atoms with van der Waals surface area (Å²) in [4.78, 5) is 2.52. The van der Waals surface area contributed by atoms with Crippen molar-refractivity contribution in [3.8, 4) is 0 Å². The van der Waals surface area contributed by atoms with Gasteiger partial charge in [0.2, 0.25) is 0 Å². The van der Waals surface area contributed by atoms with Crippen molar-refractivity contribution >= 4 is 15.9 Å². The first-order chi connectivity index (χ1) is 8.11. The van der Waals surface area contributed by atoms with Crippen LogP contribution < -0.4 is 5.73 Å². The fourth-order valence-electron chi connectivity index (χ4n) is 2.64. The summed E-state index contributed by atoms with van der Waals surface area (Å²) in [5.74, 6) is 1.55. The van der Waals surface area contributed by atoms with Crippen LogP contribution in [-0.4, -0.2) is 24.5 Å². The number of nitrogens with zero attached hydrogens (tertiary/aromatic N) is 1. The Morgan fingerprint density at radius 3 is 2.53 bits per heavy atom. The molecule has 1 fully saturated rings. The molecule has 0 saturated carbocycles. The molecule has 0 aromatic heterocycles. The second-order valence-corrected chi connectivity index (χ2v) is 6.13. The van der Waals surface area contributed by atoms with Crippen LogP contribution in [0.25, 0.3) is 0 Å². The van der Waals surface area contributed by atoms with Crippen LogP contribution in [0, 0.1) is 11.8 Å². The molecule has 0 amide bonds. The van der Waals surface area contributed by atoms with Crippen LogP contribution >= 0.6 is 15.9 Å². The minimum absolute atomic E-state index is 0.361. The molecule has 1 heterocycles. The lowest BCUT2D eigenvalue weighted by Gasteiger charge is -2.27. The zero-order chi connectivity index (χ0) is 12.4. The van der Waals surface area contributed by atoms with Gasteiger partial charge in [0.05, 0.1) is 0 Å². The van der Waals surface area contributed by atoms with E-state index in [1.165, 1.54) is 5.56 Å². The lowest BCUT2D eigenvalue weighted by Crippen LogP contribution is -2.32. The van der Waals surface area contributed by atoms with E-state index in [1.807, 2.05) is 0 Å². The van der Waals surface area contributed by atoms with E-state index < -0.39 is 0 Å². The van der Waals surface area contributed by atoms with Crippen molar-refractivity contribution in [1.82, 2.24) is 4.90 Å². The van der Waals surface area contributed by atoms with Crippen LogP contribution in [0.1, 0.15) is 25.5 Å². The monoisotopic (exact) mass is 296 g/mol. The Labute approximate surface area is 112 Å². The highest BCUT2D eigenvalue weighted by atomic mass is 79.9. The molecule has 3 unspecified atom stereocenters. The number of rotatable bonds is 3. The lowest BCUT2D eigenvalue weighted by atomic mass is 10.0. The van der Waals surface area contributed by atoms with E-state index in [2.05, 4.69) is 58.9 Å². The summed E-state index contributed by atoms with van der Waals surface area (Å²) in [5, 5.41) is 0. The topological polar surface area (TPSA) is 29.3 Å². The molecule has 3 heteroatoms. The zero-order valence-corrected chi connectivity index (χ0v) is 12.2. The molecule has 17 heavy (non-hydrogen) atoms. The minimum atomic E-state index is 0.361. The molecular weight excluding hydrogens is 276 g/mol. The Bertz CT molecular complexity index is 370. The van der Waals surface area contributed by atoms with Gasteiger partial charge in [0.1, 0.15) is 0 Å². The van der Waals surface area contributed by atoms with Gasteiger partial charge in [0.15, 0.2) is 0 Å². The maximum absolute atomic E-state index is 5.97. The van der Waals surface area contributed by atoms with Gasteiger partial charge in [-0.25, -0.2) is 0 Å². The number of likely N-dealkylation sites (tertiary alicyclic amines) is 1. The molecule has 94 valence electrons.